The Morgan fingerprint density at radius 2 is 2.08 bits per heavy atom. The van der Waals surface area contributed by atoms with Crippen molar-refractivity contribution in [1.29, 1.82) is 0 Å². The minimum absolute atomic E-state index is 0.00561. The van der Waals surface area contributed by atoms with Crippen LogP contribution in [-0.2, 0) is 18.8 Å². The van der Waals surface area contributed by atoms with E-state index in [1.165, 1.54) is 30.8 Å². The van der Waals surface area contributed by atoms with Gasteiger partial charge in [0, 0.05) is 20.7 Å². The van der Waals surface area contributed by atoms with Crippen LogP contribution in [0.3, 0.4) is 0 Å². The highest BCUT2D eigenvalue weighted by Crippen LogP contribution is 2.16. The van der Waals surface area contributed by atoms with Crippen molar-refractivity contribution in [1.82, 2.24) is 19.4 Å². The van der Waals surface area contributed by atoms with E-state index < -0.39 is 11.2 Å². The number of hydrogen-bond acceptors (Lipinski definition) is 5. The number of fused-ring (bicyclic) bond motifs is 1. The van der Waals surface area contributed by atoms with Gasteiger partial charge in [-0.1, -0.05) is 0 Å². The van der Waals surface area contributed by atoms with E-state index >= 15 is 0 Å². The van der Waals surface area contributed by atoms with Crippen molar-refractivity contribution in [3.8, 4) is 0 Å². The molecule has 2 unspecified atom stereocenters. The fourth-order valence-electron chi connectivity index (χ4n) is 2.95. The first-order valence-electron chi connectivity index (χ1n) is 7.89. The van der Waals surface area contributed by atoms with Gasteiger partial charge in [-0.2, -0.15) is 0 Å². The molecule has 2 aromatic heterocycles. The lowest BCUT2D eigenvalue weighted by molar-refractivity contribution is 0.0709. The normalized spacial score (nSPS) is 18.7. The van der Waals surface area contributed by atoms with Crippen LogP contribution >= 0.6 is 0 Å². The lowest BCUT2D eigenvalue weighted by Crippen LogP contribution is -2.41. The van der Waals surface area contributed by atoms with Crippen molar-refractivity contribution in [2.45, 2.75) is 31.9 Å². The minimum Gasteiger partial charge on any atom is -0.376 e. The molecule has 0 spiro atoms. The molecule has 1 saturated heterocycles. The third-order valence-electron chi connectivity index (χ3n) is 4.42. The van der Waals surface area contributed by atoms with Crippen LogP contribution in [0.5, 0.6) is 0 Å². The molecule has 0 aliphatic carbocycles. The Balaban J connectivity index is 1.94. The number of amides is 1. The number of pyridine rings is 1. The summed E-state index contributed by atoms with van der Waals surface area (Å²) in [6, 6.07) is 2.88. The maximum Gasteiger partial charge on any atom is 0.332 e. The van der Waals surface area contributed by atoms with Crippen LogP contribution < -0.4 is 16.6 Å². The summed E-state index contributed by atoms with van der Waals surface area (Å²) in [4.78, 5) is 40.7. The fraction of sp³-hybridized carbons (Fsp3) is 0.500. The second-order valence-corrected chi connectivity index (χ2v) is 6.09. The molecule has 1 N–H and O–H groups in total. The van der Waals surface area contributed by atoms with Crippen LogP contribution in [0, 0.1) is 0 Å². The van der Waals surface area contributed by atoms with E-state index in [0.29, 0.717) is 12.0 Å². The van der Waals surface area contributed by atoms with Crippen LogP contribution in [0.15, 0.2) is 21.7 Å². The zero-order valence-corrected chi connectivity index (χ0v) is 13.9. The first-order valence-corrected chi connectivity index (χ1v) is 7.89. The average Bonchev–Trinajstić information content (AvgIpc) is 3.12. The smallest absolute Gasteiger partial charge is 0.332 e. The molecule has 1 fully saturated rings. The Labute approximate surface area is 138 Å². The molecule has 3 heterocycles. The molecule has 2 aromatic rings. The number of rotatable bonds is 3. The number of carbonyl (C=O) groups excluding carboxylic acids is 1. The molecule has 1 amide bonds. The number of hydrogen-bond donors (Lipinski definition) is 1. The van der Waals surface area contributed by atoms with E-state index in [4.69, 9.17) is 4.74 Å². The molecule has 0 saturated carbocycles. The number of carbonyl (C=O) groups is 1. The largest absolute Gasteiger partial charge is 0.376 e. The summed E-state index contributed by atoms with van der Waals surface area (Å²) in [6.07, 6.45) is 1.91. The number of nitrogens with one attached hydrogen (secondary N) is 1. The highest BCUT2D eigenvalue weighted by molar-refractivity contribution is 5.94. The van der Waals surface area contributed by atoms with Crippen molar-refractivity contribution >= 4 is 16.9 Å². The molecule has 8 nitrogen and oxygen atoms in total. The summed E-state index contributed by atoms with van der Waals surface area (Å²) < 4.78 is 7.84. The number of aromatic nitrogens is 3. The average molecular weight is 332 g/mol. The molecule has 2 atom stereocenters. The highest BCUT2D eigenvalue weighted by Gasteiger charge is 2.24. The predicted molar refractivity (Wildman–Crippen MR) is 88.1 cm³/mol. The summed E-state index contributed by atoms with van der Waals surface area (Å²) in [5.74, 6) is -0.354. The molecule has 8 heteroatoms. The molecule has 1 aliphatic heterocycles. The minimum atomic E-state index is -0.481. The molecule has 0 radical (unpaired) electrons. The Kier molecular flexibility index (Phi) is 4.23. The Morgan fingerprint density at radius 3 is 2.75 bits per heavy atom. The Bertz CT molecular complexity index is 909. The van der Waals surface area contributed by atoms with Crippen LogP contribution in [0.2, 0.25) is 0 Å². The van der Waals surface area contributed by atoms with Crippen molar-refractivity contribution in [3.05, 3.63) is 38.7 Å². The number of nitrogens with zero attached hydrogens (tertiary/aromatic N) is 3. The predicted octanol–water partition coefficient (Wildman–Crippen LogP) is -0.0705. The van der Waals surface area contributed by atoms with E-state index in [-0.39, 0.29) is 29.4 Å². The van der Waals surface area contributed by atoms with Crippen molar-refractivity contribution in [2.75, 3.05) is 6.61 Å². The van der Waals surface area contributed by atoms with Gasteiger partial charge in [0.1, 0.15) is 11.3 Å². The molecule has 3 rings (SSSR count). The van der Waals surface area contributed by atoms with Crippen molar-refractivity contribution in [3.63, 3.8) is 0 Å². The number of aryl methyl sites for hydroxylation is 1. The van der Waals surface area contributed by atoms with Gasteiger partial charge < -0.3 is 10.1 Å². The maximum atomic E-state index is 12.4. The topological polar surface area (TPSA) is 95.2 Å². The van der Waals surface area contributed by atoms with Crippen LogP contribution in [0.4, 0.5) is 0 Å². The molecule has 128 valence electrons. The first kappa shape index (κ1) is 16.4. The summed E-state index contributed by atoms with van der Waals surface area (Å²) in [5.41, 5.74) is -0.554. The first-order chi connectivity index (χ1) is 11.4. The maximum absolute atomic E-state index is 12.4. The van der Waals surface area contributed by atoms with E-state index in [0.717, 1.165) is 17.4 Å². The van der Waals surface area contributed by atoms with Gasteiger partial charge in [0.05, 0.1) is 17.5 Å². The zero-order chi connectivity index (χ0) is 17.4. The third kappa shape index (κ3) is 2.73. The van der Waals surface area contributed by atoms with Gasteiger partial charge in [-0.15, -0.1) is 0 Å². The van der Waals surface area contributed by atoms with Gasteiger partial charge in [-0.25, -0.2) is 9.78 Å². The monoisotopic (exact) mass is 332 g/mol. The Morgan fingerprint density at radius 1 is 1.33 bits per heavy atom. The summed E-state index contributed by atoms with van der Waals surface area (Å²) in [7, 11) is 2.93. The second kappa shape index (κ2) is 6.20. The van der Waals surface area contributed by atoms with Gasteiger partial charge in [0.25, 0.3) is 11.5 Å². The van der Waals surface area contributed by atoms with Crippen LogP contribution in [0.25, 0.3) is 11.0 Å². The fourth-order valence-corrected chi connectivity index (χ4v) is 2.95. The van der Waals surface area contributed by atoms with E-state index in [2.05, 4.69) is 10.3 Å². The van der Waals surface area contributed by atoms with Gasteiger partial charge in [0.15, 0.2) is 0 Å². The zero-order valence-electron chi connectivity index (χ0n) is 13.9. The van der Waals surface area contributed by atoms with Gasteiger partial charge in [0.2, 0.25) is 0 Å². The standard InChI is InChI=1S/C16H20N4O4/c1-9(12-5-4-8-24-12)17-14(21)11-7-6-10-13(18-11)19(2)16(23)20(3)15(10)22/h6-7,9,12H,4-5,8H2,1-3H3,(H,17,21). The van der Waals surface area contributed by atoms with Gasteiger partial charge >= 0.3 is 5.69 Å². The van der Waals surface area contributed by atoms with Crippen molar-refractivity contribution < 1.29 is 9.53 Å². The lowest BCUT2D eigenvalue weighted by Gasteiger charge is -2.19. The van der Waals surface area contributed by atoms with E-state index in [9.17, 15) is 14.4 Å². The molecular weight excluding hydrogens is 312 g/mol. The third-order valence-corrected chi connectivity index (χ3v) is 4.42. The highest BCUT2D eigenvalue weighted by atomic mass is 16.5. The quantitative estimate of drug-likeness (QED) is 0.849. The van der Waals surface area contributed by atoms with Gasteiger partial charge in [-0.05, 0) is 31.9 Å². The van der Waals surface area contributed by atoms with Crippen LogP contribution in [0.1, 0.15) is 30.3 Å². The van der Waals surface area contributed by atoms with Crippen LogP contribution in [-0.4, -0.2) is 38.8 Å². The molecule has 0 bridgehead atoms. The SMILES string of the molecule is CC(NC(=O)c1ccc2c(=O)n(C)c(=O)n(C)c2n1)C1CCCO1. The van der Waals surface area contributed by atoms with E-state index in [1.807, 2.05) is 6.92 Å². The molecule has 24 heavy (non-hydrogen) atoms. The second-order valence-electron chi connectivity index (χ2n) is 6.09. The molecule has 1 aliphatic rings. The van der Waals surface area contributed by atoms with E-state index in [1.54, 1.807) is 0 Å². The Hall–Kier alpha value is -2.48. The van der Waals surface area contributed by atoms with Gasteiger partial charge in [-0.3, -0.25) is 18.7 Å². The van der Waals surface area contributed by atoms with Crippen molar-refractivity contribution in [2.24, 2.45) is 14.1 Å². The summed E-state index contributed by atoms with van der Waals surface area (Å²) >= 11 is 0. The number of ether oxygens (including phenoxy) is 1. The molecular formula is C16H20N4O4. The summed E-state index contributed by atoms with van der Waals surface area (Å²) in [5, 5.41) is 3.16. The lowest BCUT2D eigenvalue weighted by atomic mass is 10.1. The molecule has 0 aromatic carbocycles. The summed E-state index contributed by atoms with van der Waals surface area (Å²) in [6.45, 7) is 2.60.